The van der Waals surface area contributed by atoms with Gasteiger partial charge in [0.05, 0.1) is 10.0 Å². The molecule has 3 heteroatoms. The number of aromatic hydroxyl groups is 1. The molecule has 12 heavy (non-hydrogen) atoms. The molecule has 0 atom stereocenters. The van der Waals surface area contributed by atoms with E-state index >= 15 is 0 Å². The molecule has 1 aromatic rings. The Morgan fingerprint density at radius 3 is 1.75 bits per heavy atom. The second kappa shape index (κ2) is 3.15. The van der Waals surface area contributed by atoms with E-state index in [1.807, 2.05) is 13.8 Å². The molecule has 1 nitrogen and oxygen atoms in total. The summed E-state index contributed by atoms with van der Waals surface area (Å²) in [5, 5.41) is 10.5. The van der Waals surface area contributed by atoms with E-state index in [-0.39, 0.29) is 5.75 Å². The van der Waals surface area contributed by atoms with E-state index in [9.17, 15) is 5.11 Å². The van der Waals surface area contributed by atoms with Gasteiger partial charge in [-0.3, -0.25) is 0 Å². The van der Waals surface area contributed by atoms with Gasteiger partial charge in [-0.15, -0.1) is 0 Å². The summed E-state index contributed by atoms with van der Waals surface area (Å²) in [4.78, 5) is 0. The van der Waals surface area contributed by atoms with Crippen molar-refractivity contribution in [2.45, 2.75) is 20.8 Å². The molecule has 0 aliphatic heterocycles. The van der Waals surface area contributed by atoms with Crippen molar-refractivity contribution >= 4 is 23.2 Å². The molecule has 0 fully saturated rings. The Hall–Kier alpha value is -0.400. The van der Waals surface area contributed by atoms with Gasteiger partial charge in [0.2, 0.25) is 0 Å². The maximum Gasteiger partial charge on any atom is 0.123 e. The normalized spacial score (nSPS) is 10.4. The summed E-state index contributed by atoms with van der Waals surface area (Å²) in [5.41, 5.74) is 2.27. The first kappa shape index (κ1) is 9.69. The quantitative estimate of drug-likeness (QED) is 0.685. The van der Waals surface area contributed by atoms with Crippen LogP contribution < -0.4 is 0 Å². The minimum Gasteiger partial charge on any atom is -0.507 e. The van der Waals surface area contributed by atoms with Crippen molar-refractivity contribution in [3.05, 3.63) is 26.7 Å². The van der Waals surface area contributed by atoms with Crippen LogP contribution in [0.3, 0.4) is 0 Å². The van der Waals surface area contributed by atoms with Crippen LogP contribution in [0.1, 0.15) is 16.7 Å². The van der Waals surface area contributed by atoms with Crippen LogP contribution in [0.25, 0.3) is 0 Å². The van der Waals surface area contributed by atoms with Gasteiger partial charge < -0.3 is 5.11 Å². The van der Waals surface area contributed by atoms with Crippen LogP contribution in [0, 0.1) is 20.8 Å². The summed E-state index contributed by atoms with van der Waals surface area (Å²) in [6.45, 7) is 5.40. The average molecular weight is 205 g/mol. The van der Waals surface area contributed by atoms with E-state index in [4.69, 9.17) is 23.2 Å². The molecule has 0 spiro atoms. The summed E-state index contributed by atoms with van der Waals surface area (Å²) in [6, 6.07) is 0. The third-order valence-corrected chi connectivity index (χ3v) is 3.17. The highest BCUT2D eigenvalue weighted by atomic mass is 35.5. The fourth-order valence-corrected chi connectivity index (χ4v) is 1.57. The summed E-state index contributed by atoms with van der Waals surface area (Å²) in [5.74, 6) is 0.238. The van der Waals surface area contributed by atoms with E-state index in [0.29, 0.717) is 15.6 Å². The SMILES string of the molecule is Cc1c(C)c(Cl)c(Cl)c(C)c1O. The van der Waals surface area contributed by atoms with Crippen molar-refractivity contribution in [3.63, 3.8) is 0 Å². The molecular weight excluding hydrogens is 195 g/mol. The average Bonchev–Trinajstić information content (AvgIpc) is 2.08. The van der Waals surface area contributed by atoms with E-state index in [1.165, 1.54) is 0 Å². The molecule has 0 bridgehead atoms. The Kier molecular flexibility index (Phi) is 2.55. The smallest absolute Gasteiger partial charge is 0.123 e. The van der Waals surface area contributed by atoms with Crippen LogP contribution in [0.5, 0.6) is 5.75 Å². The van der Waals surface area contributed by atoms with E-state index in [0.717, 1.165) is 11.1 Å². The largest absolute Gasteiger partial charge is 0.507 e. The minimum absolute atomic E-state index is 0.238. The second-order valence-electron chi connectivity index (χ2n) is 2.85. The van der Waals surface area contributed by atoms with Gasteiger partial charge in [-0.05, 0) is 31.9 Å². The maximum atomic E-state index is 9.55. The predicted octanol–water partition coefficient (Wildman–Crippen LogP) is 3.62. The zero-order valence-corrected chi connectivity index (χ0v) is 8.72. The van der Waals surface area contributed by atoms with E-state index < -0.39 is 0 Å². The fraction of sp³-hybridized carbons (Fsp3) is 0.333. The number of benzene rings is 1. The molecule has 0 saturated heterocycles. The van der Waals surface area contributed by atoms with E-state index in [2.05, 4.69) is 0 Å². The van der Waals surface area contributed by atoms with Crippen molar-refractivity contribution in [3.8, 4) is 5.75 Å². The molecule has 0 aromatic heterocycles. The van der Waals surface area contributed by atoms with Gasteiger partial charge >= 0.3 is 0 Å². The van der Waals surface area contributed by atoms with Gasteiger partial charge in [0, 0.05) is 5.56 Å². The number of phenols is 1. The van der Waals surface area contributed by atoms with Crippen LogP contribution in [0.15, 0.2) is 0 Å². The Bertz CT molecular complexity index is 227. The third kappa shape index (κ3) is 1.27. The molecule has 66 valence electrons. The molecular formula is C9H10Cl2O. The standard InChI is InChI=1S/C9H10Cl2O/c1-4-5(2)9(12)6(3)8(11)7(4)10/h12H,1-3H3. The van der Waals surface area contributed by atoms with Crippen molar-refractivity contribution in [2.75, 3.05) is 0 Å². The lowest BCUT2D eigenvalue weighted by atomic mass is 10.1. The topological polar surface area (TPSA) is 20.2 Å². The molecule has 0 saturated carbocycles. The molecule has 0 aliphatic carbocycles. The van der Waals surface area contributed by atoms with Crippen molar-refractivity contribution in [1.29, 1.82) is 0 Å². The Morgan fingerprint density at radius 2 is 1.25 bits per heavy atom. The van der Waals surface area contributed by atoms with E-state index in [1.54, 1.807) is 6.92 Å². The highest BCUT2D eigenvalue weighted by Crippen LogP contribution is 2.37. The molecule has 0 heterocycles. The highest BCUT2D eigenvalue weighted by molar-refractivity contribution is 6.43. The van der Waals surface area contributed by atoms with Crippen molar-refractivity contribution < 1.29 is 5.11 Å². The zero-order chi connectivity index (χ0) is 9.46. The molecule has 0 amide bonds. The summed E-state index contributed by atoms with van der Waals surface area (Å²) >= 11 is 11.8. The summed E-state index contributed by atoms with van der Waals surface area (Å²) in [6.07, 6.45) is 0. The molecule has 1 aromatic carbocycles. The highest BCUT2D eigenvalue weighted by Gasteiger charge is 2.13. The monoisotopic (exact) mass is 204 g/mol. The number of hydrogen-bond acceptors (Lipinski definition) is 1. The first-order chi connectivity index (χ1) is 5.46. The molecule has 1 rings (SSSR count). The Labute approximate surface area is 81.9 Å². The van der Waals surface area contributed by atoms with Gasteiger partial charge in [0.25, 0.3) is 0 Å². The van der Waals surface area contributed by atoms with Gasteiger partial charge in [0.15, 0.2) is 0 Å². The third-order valence-electron chi connectivity index (χ3n) is 2.12. The molecule has 0 radical (unpaired) electrons. The number of phenolic OH excluding ortho intramolecular Hbond substituents is 1. The molecule has 0 aliphatic rings. The van der Waals surface area contributed by atoms with Gasteiger partial charge in [-0.1, -0.05) is 23.2 Å². The van der Waals surface area contributed by atoms with Gasteiger partial charge in [-0.2, -0.15) is 0 Å². The summed E-state index contributed by atoms with van der Waals surface area (Å²) < 4.78 is 0. The summed E-state index contributed by atoms with van der Waals surface area (Å²) in [7, 11) is 0. The number of hydrogen-bond donors (Lipinski definition) is 1. The minimum atomic E-state index is 0.238. The fourth-order valence-electron chi connectivity index (χ4n) is 1.06. The van der Waals surface area contributed by atoms with Crippen LogP contribution in [0.2, 0.25) is 10.0 Å². The second-order valence-corrected chi connectivity index (χ2v) is 3.61. The Balaban J connectivity index is 3.60. The van der Waals surface area contributed by atoms with Crippen LogP contribution in [-0.2, 0) is 0 Å². The molecule has 0 unspecified atom stereocenters. The lowest BCUT2D eigenvalue weighted by Gasteiger charge is -2.10. The number of halogens is 2. The lowest BCUT2D eigenvalue weighted by molar-refractivity contribution is 0.466. The van der Waals surface area contributed by atoms with Crippen LogP contribution in [0.4, 0.5) is 0 Å². The Morgan fingerprint density at radius 1 is 0.833 bits per heavy atom. The zero-order valence-electron chi connectivity index (χ0n) is 7.20. The first-order valence-electron chi connectivity index (χ1n) is 3.60. The molecule has 1 N–H and O–H groups in total. The van der Waals surface area contributed by atoms with Crippen molar-refractivity contribution in [2.24, 2.45) is 0 Å². The predicted molar refractivity (Wildman–Crippen MR) is 52.3 cm³/mol. The maximum absolute atomic E-state index is 9.55. The first-order valence-corrected chi connectivity index (χ1v) is 4.36. The van der Waals surface area contributed by atoms with Crippen LogP contribution in [-0.4, -0.2) is 5.11 Å². The lowest BCUT2D eigenvalue weighted by Crippen LogP contribution is -1.89. The van der Waals surface area contributed by atoms with Crippen molar-refractivity contribution in [1.82, 2.24) is 0 Å². The van der Waals surface area contributed by atoms with Gasteiger partial charge in [-0.25, -0.2) is 0 Å². The van der Waals surface area contributed by atoms with Crippen LogP contribution >= 0.6 is 23.2 Å². The van der Waals surface area contributed by atoms with Gasteiger partial charge in [0.1, 0.15) is 5.75 Å². The number of rotatable bonds is 0.